The van der Waals surface area contributed by atoms with Crippen LogP contribution in [0.25, 0.3) is 0 Å². The Morgan fingerprint density at radius 1 is 1.19 bits per heavy atom. The number of amides is 1. The average molecular weight is 453 g/mol. The van der Waals surface area contributed by atoms with Crippen molar-refractivity contribution in [3.05, 3.63) is 87.1 Å². The maximum Gasteiger partial charge on any atom is 0.289 e. The monoisotopic (exact) mass is 452 g/mol. The lowest BCUT2D eigenvalue weighted by atomic mass is 9.77. The zero-order valence-electron chi connectivity index (χ0n) is 17.3. The van der Waals surface area contributed by atoms with Crippen LogP contribution in [0.2, 0.25) is 5.02 Å². The highest BCUT2D eigenvalue weighted by Gasteiger charge is 2.40. The van der Waals surface area contributed by atoms with Gasteiger partial charge in [-0.1, -0.05) is 36.4 Å². The molecule has 0 fully saturated rings. The molecule has 1 heterocycles. The molecule has 0 N–H and O–H groups in total. The standard InChI is InChI=1S/C24H21ClN2O5/c1-2-12-32-17-9-6-15(7-10-17)18-14-23(29)26(20-4-3-5-22(28)24(18)20)16-8-11-19(25)21(13-16)27(30)31/h2,6-11,13,18H,1,3-5,12,14H2. The third-order valence-electron chi connectivity index (χ3n) is 5.71. The van der Waals surface area contributed by atoms with Crippen LogP contribution in [0.4, 0.5) is 11.4 Å². The maximum absolute atomic E-state index is 13.3. The summed E-state index contributed by atoms with van der Waals surface area (Å²) in [7, 11) is 0. The van der Waals surface area contributed by atoms with Crippen LogP contribution >= 0.6 is 11.6 Å². The van der Waals surface area contributed by atoms with Crippen LogP contribution in [-0.4, -0.2) is 23.2 Å². The Morgan fingerprint density at radius 3 is 2.62 bits per heavy atom. The minimum atomic E-state index is -0.583. The minimum Gasteiger partial charge on any atom is -0.490 e. The molecule has 2 aromatic carbocycles. The molecule has 0 saturated carbocycles. The number of halogens is 1. The van der Waals surface area contributed by atoms with E-state index in [1.165, 1.54) is 17.0 Å². The van der Waals surface area contributed by atoms with Crippen LogP contribution in [0.1, 0.15) is 37.2 Å². The van der Waals surface area contributed by atoms with Gasteiger partial charge in [0.05, 0.1) is 10.6 Å². The number of hydrogen-bond acceptors (Lipinski definition) is 5. The predicted octanol–water partition coefficient (Wildman–Crippen LogP) is 5.34. The third kappa shape index (κ3) is 4.03. The molecule has 0 aromatic heterocycles. The molecule has 0 spiro atoms. The molecule has 1 amide bonds. The van der Waals surface area contributed by atoms with Gasteiger partial charge in [0.25, 0.3) is 5.69 Å². The highest BCUT2D eigenvalue weighted by Crippen LogP contribution is 2.44. The van der Waals surface area contributed by atoms with Gasteiger partial charge in [-0.2, -0.15) is 0 Å². The van der Waals surface area contributed by atoms with Crippen LogP contribution in [0.15, 0.2) is 66.4 Å². The van der Waals surface area contributed by atoms with E-state index in [4.69, 9.17) is 16.3 Å². The molecular formula is C24H21ClN2O5. The van der Waals surface area contributed by atoms with Gasteiger partial charge in [-0.05, 0) is 42.7 Å². The highest BCUT2D eigenvalue weighted by molar-refractivity contribution is 6.32. The van der Waals surface area contributed by atoms with Gasteiger partial charge >= 0.3 is 0 Å². The number of carbonyl (C=O) groups is 2. The third-order valence-corrected chi connectivity index (χ3v) is 6.03. The lowest BCUT2D eigenvalue weighted by molar-refractivity contribution is -0.384. The summed E-state index contributed by atoms with van der Waals surface area (Å²) >= 11 is 5.95. The zero-order chi connectivity index (χ0) is 22.8. The molecule has 2 aliphatic rings. The van der Waals surface area contributed by atoms with Gasteiger partial charge in [-0.15, -0.1) is 0 Å². The number of allylic oxidation sites excluding steroid dienone is 2. The summed E-state index contributed by atoms with van der Waals surface area (Å²) in [6.07, 6.45) is 3.33. The van der Waals surface area contributed by atoms with E-state index in [1.807, 2.05) is 24.3 Å². The Kier molecular flexibility index (Phi) is 6.10. The number of hydrogen-bond donors (Lipinski definition) is 0. The van der Waals surface area contributed by atoms with E-state index >= 15 is 0 Å². The second-order valence-corrected chi connectivity index (χ2v) is 8.09. The number of Topliss-reactive ketones (excluding diaryl/α,β-unsaturated/α-hetero) is 1. The van der Waals surface area contributed by atoms with Crippen LogP contribution in [0, 0.1) is 10.1 Å². The van der Waals surface area contributed by atoms with Crippen molar-refractivity contribution >= 4 is 34.7 Å². The number of ether oxygens (including phenoxy) is 1. The lowest BCUT2D eigenvalue weighted by Gasteiger charge is -2.38. The van der Waals surface area contributed by atoms with Gasteiger partial charge in [-0.25, -0.2) is 0 Å². The Bertz CT molecular complexity index is 1140. The first kappa shape index (κ1) is 21.8. The molecule has 4 rings (SSSR count). The van der Waals surface area contributed by atoms with Crippen molar-refractivity contribution in [1.29, 1.82) is 0 Å². The maximum atomic E-state index is 13.3. The molecule has 32 heavy (non-hydrogen) atoms. The number of anilines is 1. The van der Waals surface area contributed by atoms with Gasteiger partial charge in [0, 0.05) is 36.1 Å². The first-order valence-corrected chi connectivity index (χ1v) is 10.6. The quantitative estimate of drug-likeness (QED) is 0.335. The predicted molar refractivity (Wildman–Crippen MR) is 121 cm³/mol. The fourth-order valence-electron chi connectivity index (χ4n) is 4.31. The van der Waals surface area contributed by atoms with E-state index < -0.39 is 4.92 Å². The molecule has 1 atom stereocenters. The molecule has 0 saturated heterocycles. The minimum absolute atomic E-state index is 0.00389. The van der Waals surface area contributed by atoms with Crippen LogP contribution < -0.4 is 9.64 Å². The number of carbonyl (C=O) groups excluding carboxylic acids is 2. The van der Waals surface area contributed by atoms with Crippen molar-refractivity contribution in [2.45, 2.75) is 31.6 Å². The summed E-state index contributed by atoms with van der Waals surface area (Å²) < 4.78 is 5.52. The topological polar surface area (TPSA) is 89.8 Å². The van der Waals surface area contributed by atoms with Crippen molar-refractivity contribution < 1.29 is 19.2 Å². The molecule has 2 aromatic rings. The van der Waals surface area contributed by atoms with E-state index in [0.717, 1.165) is 5.56 Å². The lowest BCUT2D eigenvalue weighted by Crippen LogP contribution is -2.40. The summed E-state index contributed by atoms with van der Waals surface area (Å²) in [5.74, 6) is 0.101. The second-order valence-electron chi connectivity index (χ2n) is 7.68. The number of nitro benzene ring substituents is 1. The molecule has 0 radical (unpaired) electrons. The Hall–Kier alpha value is -3.45. The number of nitro groups is 1. The number of benzene rings is 2. The number of nitrogens with zero attached hydrogens (tertiary/aromatic N) is 2. The second kappa shape index (κ2) is 8.96. The fourth-order valence-corrected chi connectivity index (χ4v) is 4.50. The summed E-state index contributed by atoms with van der Waals surface area (Å²) in [6, 6.07) is 11.6. The van der Waals surface area contributed by atoms with E-state index in [-0.39, 0.29) is 34.7 Å². The van der Waals surface area contributed by atoms with Crippen molar-refractivity contribution in [3.63, 3.8) is 0 Å². The van der Waals surface area contributed by atoms with Gasteiger partial charge in [0.15, 0.2) is 5.78 Å². The Balaban J connectivity index is 1.77. The van der Waals surface area contributed by atoms with Crippen molar-refractivity contribution in [2.24, 2.45) is 0 Å². The number of ketones is 1. The summed E-state index contributed by atoms with van der Waals surface area (Å²) in [5.41, 5.74) is 2.14. The molecule has 1 unspecified atom stereocenters. The Morgan fingerprint density at radius 2 is 1.94 bits per heavy atom. The normalized spacial score (nSPS) is 18.4. The molecule has 164 valence electrons. The van der Waals surface area contributed by atoms with E-state index in [2.05, 4.69) is 6.58 Å². The molecule has 8 heteroatoms. The highest BCUT2D eigenvalue weighted by atomic mass is 35.5. The zero-order valence-corrected chi connectivity index (χ0v) is 18.0. The van der Waals surface area contributed by atoms with Gasteiger partial charge in [0.2, 0.25) is 5.91 Å². The van der Waals surface area contributed by atoms with Gasteiger partial charge in [-0.3, -0.25) is 24.6 Å². The van der Waals surface area contributed by atoms with Crippen molar-refractivity contribution in [1.82, 2.24) is 0 Å². The molecule has 7 nitrogen and oxygen atoms in total. The summed E-state index contributed by atoms with van der Waals surface area (Å²) in [5, 5.41) is 11.3. The van der Waals surface area contributed by atoms with Crippen LogP contribution in [-0.2, 0) is 9.59 Å². The Labute approximate surface area is 190 Å². The smallest absolute Gasteiger partial charge is 0.289 e. The van der Waals surface area contributed by atoms with Crippen LogP contribution in [0.5, 0.6) is 5.75 Å². The van der Waals surface area contributed by atoms with Crippen molar-refractivity contribution in [2.75, 3.05) is 11.5 Å². The van der Waals surface area contributed by atoms with Crippen LogP contribution in [0.3, 0.4) is 0 Å². The largest absolute Gasteiger partial charge is 0.490 e. The number of rotatable bonds is 6. The summed E-state index contributed by atoms with van der Waals surface area (Å²) in [4.78, 5) is 38.4. The van der Waals surface area contributed by atoms with E-state index in [1.54, 1.807) is 12.1 Å². The summed E-state index contributed by atoms with van der Waals surface area (Å²) in [6.45, 7) is 4.01. The van der Waals surface area contributed by atoms with E-state index in [0.29, 0.717) is 48.6 Å². The fraction of sp³-hybridized carbons (Fsp3) is 0.250. The first-order chi connectivity index (χ1) is 15.4. The van der Waals surface area contributed by atoms with Gasteiger partial charge < -0.3 is 4.74 Å². The van der Waals surface area contributed by atoms with Crippen molar-refractivity contribution in [3.8, 4) is 5.75 Å². The average Bonchev–Trinajstić information content (AvgIpc) is 2.78. The molecule has 1 aliphatic heterocycles. The SMILES string of the molecule is C=CCOc1ccc(C2CC(=O)N(c3ccc(Cl)c([N+](=O)[O-])c3)C3=C2C(=O)CCC3)cc1. The molecular weight excluding hydrogens is 432 g/mol. The first-order valence-electron chi connectivity index (χ1n) is 10.3. The van der Waals surface area contributed by atoms with E-state index in [9.17, 15) is 19.7 Å². The molecule has 1 aliphatic carbocycles. The molecule has 0 bridgehead atoms. The van der Waals surface area contributed by atoms with Gasteiger partial charge in [0.1, 0.15) is 17.4 Å².